The quantitative estimate of drug-likeness (QED) is 0.818. The Morgan fingerprint density at radius 3 is 2.85 bits per heavy atom. The number of aliphatic hydroxyl groups is 1. The van der Waals surface area contributed by atoms with Gasteiger partial charge in [0.2, 0.25) is 0 Å². The van der Waals surface area contributed by atoms with Crippen molar-refractivity contribution in [3.05, 3.63) is 31.8 Å². The lowest BCUT2D eigenvalue weighted by Gasteiger charge is -2.13. The molecule has 72 valence electrons. The summed E-state index contributed by atoms with van der Waals surface area (Å²) in [5.74, 6) is 0. The van der Waals surface area contributed by atoms with Crippen molar-refractivity contribution in [2.75, 3.05) is 6.61 Å². The van der Waals surface area contributed by atoms with Crippen LogP contribution in [0.4, 0.5) is 0 Å². The van der Waals surface area contributed by atoms with Gasteiger partial charge in [0.25, 0.3) is 0 Å². The molecule has 0 saturated carbocycles. The Labute approximate surface area is 99.8 Å². The van der Waals surface area contributed by atoms with Gasteiger partial charge in [-0.05, 0) is 56.6 Å². The third-order valence-electron chi connectivity index (χ3n) is 1.82. The maximum atomic E-state index is 8.76. The van der Waals surface area contributed by atoms with Crippen LogP contribution in [0.15, 0.2) is 22.7 Å². The van der Waals surface area contributed by atoms with Gasteiger partial charge < -0.3 is 10.8 Å². The Balaban J connectivity index is 2.93. The fourth-order valence-corrected chi connectivity index (χ4v) is 2.18. The highest BCUT2D eigenvalue weighted by atomic mass is 127. The van der Waals surface area contributed by atoms with E-state index in [0.29, 0.717) is 6.42 Å². The Kier molecular flexibility index (Phi) is 4.64. The number of hydrogen-bond donors (Lipinski definition) is 2. The first-order valence-corrected chi connectivity index (χ1v) is 5.84. The fraction of sp³-hybridized carbons (Fsp3) is 0.333. The van der Waals surface area contributed by atoms with Gasteiger partial charge in [-0.3, -0.25) is 0 Å². The van der Waals surface area contributed by atoms with Gasteiger partial charge in [0.15, 0.2) is 0 Å². The average molecular weight is 356 g/mol. The second-order valence-electron chi connectivity index (χ2n) is 2.76. The normalized spacial score (nSPS) is 12.9. The summed E-state index contributed by atoms with van der Waals surface area (Å²) >= 11 is 5.73. The first kappa shape index (κ1) is 11.4. The van der Waals surface area contributed by atoms with Crippen LogP contribution in [0.1, 0.15) is 18.0 Å². The Hall–Kier alpha value is 0.350. The van der Waals surface area contributed by atoms with E-state index in [9.17, 15) is 0 Å². The number of benzene rings is 1. The van der Waals surface area contributed by atoms with Crippen LogP contribution >= 0.6 is 38.5 Å². The smallest absolute Gasteiger partial charge is 0.0449 e. The molecule has 1 aromatic carbocycles. The molecule has 0 bridgehead atoms. The maximum absolute atomic E-state index is 8.76. The zero-order chi connectivity index (χ0) is 9.84. The summed E-state index contributed by atoms with van der Waals surface area (Å²) in [6.07, 6.45) is 0.596. The molecule has 0 saturated heterocycles. The fourth-order valence-electron chi connectivity index (χ4n) is 1.10. The standard InChI is InChI=1S/C9H11BrINO/c10-9-6(8(12)4-5-13)2-1-3-7(9)11/h1-3,8,13H,4-5,12H2/t8-/m0/s1. The maximum Gasteiger partial charge on any atom is 0.0449 e. The largest absolute Gasteiger partial charge is 0.396 e. The minimum atomic E-state index is -0.0888. The Bertz CT molecular complexity index is 293. The zero-order valence-corrected chi connectivity index (χ0v) is 10.7. The van der Waals surface area contributed by atoms with Crippen LogP contribution in [-0.4, -0.2) is 11.7 Å². The van der Waals surface area contributed by atoms with Gasteiger partial charge >= 0.3 is 0 Å². The summed E-state index contributed by atoms with van der Waals surface area (Å²) in [5.41, 5.74) is 6.94. The third-order valence-corrected chi connectivity index (χ3v) is 4.35. The van der Waals surface area contributed by atoms with Crippen molar-refractivity contribution < 1.29 is 5.11 Å². The molecule has 3 N–H and O–H groups in total. The number of hydrogen-bond acceptors (Lipinski definition) is 2. The molecule has 0 heterocycles. The minimum absolute atomic E-state index is 0.0888. The molecule has 0 unspecified atom stereocenters. The lowest BCUT2D eigenvalue weighted by molar-refractivity contribution is 0.276. The first-order chi connectivity index (χ1) is 6.16. The van der Waals surface area contributed by atoms with Crippen LogP contribution < -0.4 is 5.73 Å². The van der Waals surface area contributed by atoms with Crippen LogP contribution in [-0.2, 0) is 0 Å². The van der Waals surface area contributed by atoms with Crippen molar-refractivity contribution in [2.45, 2.75) is 12.5 Å². The van der Waals surface area contributed by atoms with Crippen LogP contribution in [0.3, 0.4) is 0 Å². The highest BCUT2D eigenvalue weighted by molar-refractivity contribution is 14.1. The Morgan fingerprint density at radius 1 is 1.54 bits per heavy atom. The van der Waals surface area contributed by atoms with E-state index >= 15 is 0 Å². The number of rotatable bonds is 3. The van der Waals surface area contributed by atoms with E-state index in [1.54, 1.807) is 0 Å². The predicted molar refractivity (Wildman–Crippen MR) is 65.5 cm³/mol. The summed E-state index contributed by atoms with van der Waals surface area (Å²) in [4.78, 5) is 0. The number of nitrogens with two attached hydrogens (primary N) is 1. The van der Waals surface area contributed by atoms with Gasteiger partial charge in [0, 0.05) is 20.7 Å². The van der Waals surface area contributed by atoms with Crippen LogP contribution in [0, 0.1) is 3.57 Å². The van der Waals surface area contributed by atoms with E-state index in [1.165, 1.54) is 0 Å². The van der Waals surface area contributed by atoms with E-state index in [-0.39, 0.29) is 12.6 Å². The Morgan fingerprint density at radius 2 is 2.23 bits per heavy atom. The molecule has 4 heteroatoms. The lowest BCUT2D eigenvalue weighted by Crippen LogP contribution is -2.12. The van der Waals surface area contributed by atoms with Gasteiger partial charge in [-0.15, -0.1) is 0 Å². The predicted octanol–water partition coefficient (Wildman–Crippen LogP) is 2.44. The summed E-state index contributed by atoms with van der Waals surface area (Å²) < 4.78 is 2.18. The van der Waals surface area contributed by atoms with Crippen molar-refractivity contribution in [1.82, 2.24) is 0 Å². The van der Waals surface area contributed by atoms with Gasteiger partial charge in [-0.2, -0.15) is 0 Å². The molecule has 0 aliphatic heterocycles. The third kappa shape index (κ3) is 2.90. The van der Waals surface area contributed by atoms with E-state index < -0.39 is 0 Å². The van der Waals surface area contributed by atoms with E-state index in [4.69, 9.17) is 10.8 Å². The molecule has 0 spiro atoms. The van der Waals surface area contributed by atoms with Gasteiger partial charge in [-0.1, -0.05) is 12.1 Å². The molecule has 0 aromatic heterocycles. The molecule has 2 nitrogen and oxygen atoms in total. The molecule has 1 atom stereocenters. The molecular weight excluding hydrogens is 345 g/mol. The van der Waals surface area contributed by atoms with Gasteiger partial charge in [-0.25, -0.2) is 0 Å². The summed E-state index contributed by atoms with van der Waals surface area (Å²) in [6.45, 7) is 0.124. The topological polar surface area (TPSA) is 46.2 Å². The molecule has 1 rings (SSSR count). The molecule has 1 aromatic rings. The second-order valence-corrected chi connectivity index (χ2v) is 4.72. The SMILES string of the molecule is N[C@@H](CCO)c1cccc(I)c1Br. The lowest BCUT2D eigenvalue weighted by atomic mass is 10.1. The van der Waals surface area contributed by atoms with Crippen LogP contribution in [0.5, 0.6) is 0 Å². The van der Waals surface area contributed by atoms with Crippen molar-refractivity contribution in [2.24, 2.45) is 5.73 Å². The highest BCUT2D eigenvalue weighted by Crippen LogP contribution is 2.28. The number of aliphatic hydroxyl groups excluding tert-OH is 1. The molecule has 0 aliphatic rings. The first-order valence-electron chi connectivity index (χ1n) is 3.97. The average Bonchev–Trinajstić information content (AvgIpc) is 2.10. The van der Waals surface area contributed by atoms with E-state index in [1.807, 2.05) is 18.2 Å². The molecule has 0 radical (unpaired) electrons. The minimum Gasteiger partial charge on any atom is -0.396 e. The van der Waals surface area contributed by atoms with Crippen molar-refractivity contribution in [3.63, 3.8) is 0 Å². The van der Waals surface area contributed by atoms with Crippen molar-refractivity contribution in [1.29, 1.82) is 0 Å². The summed E-state index contributed by atoms with van der Waals surface area (Å²) in [6, 6.07) is 5.87. The van der Waals surface area contributed by atoms with Gasteiger partial charge in [0.1, 0.15) is 0 Å². The van der Waals surface area contributed by atoms with Crippen LogP contribution in [0.25, 0.3) is 0 Å². The second kappa shape index (κ2) is 5.29. The molecule has 0 amide bonds. The highest BCUT2D eigenvalue weighted by Gasteiger charge is 2.10. The molecule has 0 aliphatic carbocycles. The zero-order valence-electron chi connectivity index (χ0n) is 7.00. The van der Waals surface area contributed by atoms with Crippen LogP contribution in [0.2, 0.25) is 0 Å². The van der Waals surface area contributed by atoms with Crippen molar-refractivity contribution in [3.8, 4) is 0 Å². The molecule has 0 fully saturated rings. The number of halogens is 2. The summed E-state index contributed by atoms with van der Waals surface area (Å²) in [5, 5.41) is 8.76. The summed E-state index contributed by atoms with van der Waals surface area (Å²) in [7, 11) is 0. The molecular formula is C9H11BrINO. The van der Waals surface area contributed by atoms with Gasteiger partial charge in [0.05, 0.1) is 0 Å². The molecule has 13 heavy (non-hydrogen) atoms. The van der Waals surface area contributed by atoms with Crippen molar-refractivity contribution >= 4 is 38.5 Å². The monoisotopic (exact) mass is 355 g/mol. The van der Waals surface area contributed by atoms with E-state index in [0.717, 1.165) is 13.6 Å². The van der Waals surface area contributed by atoms with E-state index in [2.05, 4.69) is 38.5 Å².